The molecule has 1 aliphatic carbocycles. The van der Waals surface area contributed by atoms with Gasteiger partial charge in [0.15, 0.2) is 0 Å². The van der Waals surface area contributed by atoms with Gasteiger partial charge in [0.25, 0.3) is 0 Å². The molecule has 0 aromatic heterocycles. The molecule has 2 nitrogen and oxygen atoms in total. The fourth-order valence-electron chi connectivity index (χ4n) is 2.15. The van der Waals surface area contributed by atoms with E-state index >= 15 is 0 Å². The third-order valence-electron chi connectivity index (χ3n) is 3.43. The molecule has 0 aromatic carbocycles. The van der Waals surface area contributed by atoms with Crippen molar-refractivity contribution in [2.24, 2.45) is 11.8 Å². The third-order valence-corrected chi connectivity index (χ3v) is 3.43. The van der Waals surface area contributed by atoms with Gasteiger partial charge in [-0.25, -0.2) is 0 Å². The van der Waals surface area contributed by atoms with Crippen LogP contribution in [0.1, 0.15) is 39.0 Å². The molecule has 74 valence electrons. The van der Waals surface area contributed by atoms with Gasteiger partial charge in [0.1, 0.15) is 0 Å². The molecule has 1 aliphatic heterocycles. The van der Waals surface area contributed by atoms with Crippen molar-refractivity contribution in [2.75, 3.05) is 13.1 Å². The zero-order valence-corrected chi connectivity index (χ0v) is 8.46. The second-order valence-electron chi connectivity index (χ2n) is 4.45. The van der Waals surface area contributed by atoms with E-state index in [-0.39, 0.29) is 0 Å². The molecule has 0 bridgehead atoms. The zero-order valence-electron chi connectivity index (χ0n) is 8.46. The highest BCUT2D eigenvalue weighted by atomic mass is 16.2. The van der Waals surface area contributed by atoms with E-state index < -0.39 is 0 Å². The van der Waals surface area contributed by atoms with Gasteiger partial charge in [0.05, 0.1) is 0 Å². The Morgan fingerprint density at radius 3 is 2.31 bits per heavy atom. The predicted octanol–water partition coefficient (Wildman–Crippen LogP) is 2.04. The largest absolute Gasteiger partial charge is 0.342 e. The standard InChI is InChI=1S/C11H19NO/c1-2-9-5-7-12(8-6-9)11(13)10-3-4-10/h9-10H,2-8H2,1H3. The number of rotatable bonds is 2. The lowest BCUT2D eigenvalue weighted by atomic mass is 9.94. The average Bonchev–Trinajstić information content (AvgIpc) is 3.00. The molecule has 1 saturated carbocycles. The van der Waals surface area contributed by atoms with Gasteiger partial charge in [-0.2, -0.15) is 0 Å². The van der Waals surface area contributed by atoms with Gasteiger partial charge in [-0.3, -0.25) is 4.79 Å². The van der Waals surface area contributed by atoms with Gasteiger partial charge >= 0.3 is 0 Å². The van der Waals surface area contributed by atoms with Crippen molar-refractivity contribution in [1.29, 1.82) is 0 Å². The summed E-state index contributed by atoms with van der Waals surface area (Å²) in [6, 6.07) is 0. The van der Waals surface area contributed by atoms with E-state index in [1.54, 1.807) is 0 Å². The molecule has 0 N–H and O–H groups in total. The van der Waals surface area contributed by atoms with E-state index in [2.05, 4.69) is 11.8 Å². The van der Waals surface area contributed by atoms with Crippen molar-refractivity contribution in [1.82, 2.24) is 4.90 Å². The van der Waals surface area contributed by atoms with E-state index in [0.29, 0.717) is 11.8 Å². The first-order valence-electron chi connectivity index (χ1n) is 5.60. The number of hydrogen-bond donors (Lipinski definition) is 0. The van der Waals surface area contributed by atoms with Crippen LogP contribution in [0.2, 0.25) is 0 Å². The van der Waals surface area contributed by atoms with Gasteiger partial charge in [0.2, 0.25) is 5.91 Å². The summed E-state index contributed by atoms with van der Waals surface area (Å²) >= 11 is 0. The van der Waals surface area contributed by atoms with E-state index in [1.807, 2.05) is 0 Å². The van der Waals surface area contributed by atoms with Crippen LogP contribution < -0.4 is 0 Å². The maximum Gasteiger partial charge on any atom is 0.225 e. The van der Waals surface area contributed by atoms with Crippen LogP contribution in [-0.4, -0.2) is 23.9 Å². The van der Waals surface area contributed by atoms with Crippen molar-refractivity contribution in [3.05, 3.63) is 0 Å². The Morgan fingerprint density at radius 1 is 1.23 bits per heavy atom. The minimum absolute atomic E-state index is 0.415. The van der Waals surface area contributed by atoms with E-state index in [1.165, 1.54) is 19.3 Å². The van der Waals surface area contributed by atoms with Crippen LogP contribution in [0.5, 0.6) is 0 Å². The molecular weight excluding hydrogens is 162 g/mol. The lowest BCUT2D eigenvalue weighted by Gasteiger charge is -2.31. The van der Waals surface area contributed by atoms with Crippen LogP contribution in [-0.2, 0) is 4.79 Å². The predicted molar refractivity (Wildman–Crippen MR) is 52.3 cm³/mol. The Balaban J connectivity index is 1.79. The Kier molecular flexibility index (Phi) is 2.56. The quantitative estimate of drug-likeness (QED) is 0.638. The summed E-state index contributed by atoms with van der Waals surface area (Å²) in [5.41, 5.74) is 0. The highest BCUT2D eigenvalue weighted by molar-refractivity contribution is 5.81. The molecule has 1 heterocycles. The second kappa shape index (κ2) is 3.69. The molecule has 0 unspecified atom stereocenters. The first kappa shape index (κ1) is 9.04. The van der Waals surface area contributed by atoms with Crippen LogP contribution in [0.15, 0.2) is 0 Å². The molecule has 2 rings (SSSR count). The first-order chi connectivity index (χ1) is 6.31. The summed E-state index contributed by atoms with van der Waals surface area (Å²) in [6.45, 7) is 4.30. The number of piperidine rings is 1. The Morgan fingerprint density at radius 2 is 1.85 bits per heavy atom. The molecule has 2 fully saturated rings. The highest BCUT2D eigenvalue weighted by Gasteiger charge is 2.34. The summed E-state index contributed by atoms with van der Waals surface area (Å²) in [6.07, 6.45) is 6.04. The lowest BCUT2D eigenvalue weighted by Crippen LogP contribution is -2.39. The molecule has 0 radical (unpaired) electrons. The Hall–Kier alpha value is -0.530. The molecule has 0 atom stereocenters. The van der Waals surface area contributed by atoms with E-state index in [4.69, 9.17) is 0 Å². The molecule has 0 spiro atoms. The molecule has 2 heteroatoms. The van der Waals surface area contributed by atoms with Gasteiger partial charge < -0.3 is 4.90 Å². The fourth-order valence-corrected chi connectivity index (χ4v) is 2.15. The van der Waals surface area contributed by atoms with Crippen molar-refractivity contribution < 1.29 is 4.79 Å². The average molecular weight is 181 g/mol. The fraction of sp³-hybridized carbons (Fsp3) is 0.909. The number of amides is 1. The molecule has 0 aromatic rings. The summed E-state index contributed by atoms with van der Waals surface area (Å²) < 4.78 is 0. The van der Waals surface area contributed by atoms with Crippen LogP contribution in [0.4, 0.5) is 0 Å². The summed E-state index contributed by atoms with van der Waals surface area (Å²) in [5, 5.41) is 0. The van der Waals surface area contributed by atoms with Crippen LogP contribution in [0.25, 0.3) is 0 Å². The third kappa shape index (κ3) is 2.04. The summed E-state index contributed by atoms with van der Waals surface area (Å²) in [4.78, 5) is 13.8. The topological polar surface area (TPSA) is 20.3 Å². The minimum atomic E-state index is 0.415. The van der Waals surface area contributed by atoms with E-state index in [0.717, 1.165) is 31.8 Å². The number of hydrogen-bond acceptors (Lipinski definition) is 1. The van der Waals surface area contributed by atoms with Crippen molar-refractivity contribution in [3.63, 3.8) is 0 Å². The summed E-state index contributed by atoms with van der Waals surface area (Å²) in [5.74, 6) is 1.73. The minimum Gasteiger partial charge on any atom is -0.342 e. The molecule has 1 amide bonds. The maximum absolute atomic E-state index is 11.7. The highest BCUT2D eigenvalue weighted by Crippen LogP contribution is 2.32. The first-order valence-corrected chi connectivity index (χ1v) is 5.60. The Labute approximate surface area is 80.3 Å². The number of nitrogens with zero attached hydrogens (tertiary/aromatic N) is 1. The van der Waals surface area contributed by atoms with Crippen LogP contribution >= 0.6 is 0 Å². The van der Waals surface area contributed by atoms with Crippen LogP contribution in [0, 0.1) is 11.8 Å². The monoisotopic (exact) mass is 181 g/mol. The van der Waals surface area contributed by atoms with Crippen molar-refractivity contribution in [2.45, 2.75) is 39.0 Å². The normalized spacial score (nSPS) is 24.8. The van der Waals surface area contributed by atoms with Gasteiger partial charge in [-0.15, -0.1) is 0 Å². The smallest absolute Gasteiger partial charge is 0.225 e. The maximum atomic E-state index is 11.7. The second-order valence-corrected chi connectivity index (χ2v) is 4.45. The molecule has 13 heavy (non-hydrogen) atoms. The van der Waals surface area contributed by atoms with Crippen LogP contribution in [0.3, 0.4) is 0 Å². The molecule has 2 aliphatic rings. The Bertz CT molecular complexity index is 190. The number of carbonyl (C=O) groups is 1. The SMILES string of the molecule is CCC1CCN(C(=O)C2CC2)CC1. The van der Waals surface area contributed by atoms with Gasteiger partial charge in [-0.05, 0) is 31.6 Å². The molecule has 1 saturated heterocycles. The van der Waals surface area contributed by atoms with Gasteiger partial charge in [-0.1, -0.05) is 13.3 Å². The number of likely N-dealkylation sites (tertiary alicyclic amines) is 1. The van der Waals surface area contributed by atoms with E-state index in [9.17, 15) is 4.79 Å². The van der Waals surface area contributed by atoms with Crippen molar-refractivity contribution >= 4 is 5.91 Å². The zero-order chi connectivity index (χ0) is 9.26. The van der Waals surface area contributed by atoms with Crippen molar-refractivity contribution in [3.8, 4) is 0 Å². The van der Waals surface area contributed by atoms with Gasteiger partial charge in [0, 0.05) is 19.0 Å². The lowest BCUT2D eigenvalue weighted by molar-refractivity contribution is -0.133. The summed E-state index contributed by atoms with van der Waals surface area (Å²) in [7, 11) is 0. The molecular formula is C11H19NO. The number of carbonyl (C=O) groups excluding carboxylic acids is 1.